The van der Waals surface area contributed by atoms with E-state index in [2.05, 4.69) is 32.9 Å². The highest BCUT2D eigenvalue weighted by Crippen LogP contribution is 2.22. The van der Waals surface area contributed by atoms with Crippen molar-refractivity contribution in [1.29, 1.82) is 0 Å². The quantitative estimate of drug-likeness (QED) is 0.748. The Labute approximate surface area is 133 Å². The average Bonchev–Trinajstić information content (AvgIpc) is 2.47. The highest BCUT2D eigenvalue weighted by Gasteiger charge is 2.13. The Kier molecular flexibility index (Phi) is 4.70. The fourth-order valence-electron chi connectivity index (χ4n) is 2.20. The standard InChI is InChI=1S/C20H24O2/c1-14-6-9-17(12-15(14)2)19(21)22-13-16-7-10-18(11-8-16)20(3,4)5/h6-12H,13H2,1-5H3. The van der Waals surface area contributed by atoms with E-state index in [9.17, 15) is 4.79 Å². The van der Waals surface area contributed by atoms with E-state index in [4.69, 9.17) is 4.74 Å². The van der Waals surface area contributed by atoms with Crippen molar-refractivity contribution in [3.63, 3.8) is 0 Å². The maximum absolute atomic E-state index is 12.1. The molecule has 0 aromatic heterocycles. The molecule has 0 heterocycles. The molecule has 0 aliphatic rings. The van der Waals surface area contributed by atoms with Gasteiger partial charge in [-0.2, -0.15) is 0 Å². The molecule has 0 unspecified atom stereocenters. The van der Waals surface area contributed by atoms with Crippen LogP contribution in [0.15, 0.2) is 42.5 Å². The summed E-state index contributed by atoms with van der Waals surface area (Å²) in [6, 6.07) is 13.9. The second-order valence-corrected chi connectivity index (χ2v) is 6.82. The lowest BCUT2D eigenvalue weighted by atomic mass is 9.87. The molecular formula is C20H24O2. The highest BCUT2D eigenvalue weighted by molar-refractivity contribution is 5.89. The molecule has 0 aliphatic heterocycles. The van der Waals surface area contributed by atoms with Gasteiger partial charge in [0.2, 0.25) is 0 Å². The monoisotopic (exact) mass is 296 g/mol. The lowest BCUT2D eigenvalue weighted by molar-refractivity contribution is 0.0472. The van der Waals surface area contributed by atoms with Crippen molar-refractivity contribution in [3.8, 4) is 0 Å². The smallest absolute Gasteiger partial charge is 0.338 e. The summed E-state index contributed by atoms with van der Waals surface area (Å²) in [7, 11) is 0. The number of aryl methyl sites for hydroxylation is 2. The molecule has 2 aromatic rings. The molecule has 0 radical (unpaired) electrons. The molecule has 0 saturated carbocycles. The van der Waals surface area contributed by atoms with Crippen LogP contribution >= 0.6 is 0 Å². The van der Waals surface area contributed by atoms with Gasteiger partial charge in [-0.1, -0.05) is 51.1 Å². The second-order valence-electron chi connectivity index (χ2n) is 6.82. The SMILES string of the molecule is Cc1ccc(C(=O)OCc2ccc(C(C)(C)C)cc2)cc1C. The van der Waals surface area contributed by atoms with Crippen LogP contribution in [0.5, 0.6) is 0 Å². The molecule has 0 fully saturated rings. The lowest BCUT2D eigenvalue weighted by Gasteiger charge is -2.19. The van der Waals surface area contributed by atoms with E-state index < -0.39 is 0 Å². The van der Waals surface area contributed by atoms with Crippen LogP contribution in [0.25, 0.3) is 0 Å². The Hall–Kier alpha value is -2.09. The van der Waals surface area contributed by atoms with Gasteiger partial charge in [-0.3, -0.25) is 0 Å². The number of rotatable bonds is 3. The largest absolute Gasteiger partial charge is 0.457 e. The van der Waals surface area contributed by atoms with Crippen molar-refractivity contribution in [3.05, 3.63) is 70.3 Å². The van der Waals surface area contributed by atoms with E-state index in [-0.39, 0.29) is 11.4 Å². The topological polar surface area (TPSA) is 26.3 Å². The molecule has 0 atom stereocenters. The number of carbonyl (C=O) groups excluding carboxylic acids is 1. The molecule has 0 N–H and O–H groups in total. The Bertz CT molecular complexity index is 661. The summed E-state index contributed by atoms with van der Waals surface area (Å²) in [5.74, 6) is -0.275. The zero-order valence-electron chi connectivity index (χ0n) is 14.1. The van der Waals surface area contributed by atoms with E-state index in [0.29, 0.717) is 12.2 Å². The van der Waals surface area contributed by atoms with E-state index in [1.165, 1.54) is 11.1 Å². The van der Waals surface area contributed by atoms with Gasteiger partial charge in [0, 0.05) is 0 Å². The average molecular weight is 296 g/mol. The molecule has 22 heavy (non-hydrogen) atoms. The Balaban J connectivity index is 2.00. The molecule has 116 valence electrons. The van der Waals surface area contributed by atoms with E-state index >= 15 is 0 Å². The number of carbonyl (C=O) groups is 1. The van der Waals surface area contributed by atoms with Crippen LogP contribution in [-0.4, -0.2) is 5.97 Å². The molecule has 0 aliphatic carbocycles. The van der Waals surface area contributed by atoms with Crippen LogP contribution < -0.4 is 0 Å². The van der Waals surface area contributed by atoms with E-state index in [1.54, 1.807) is 0 Å². The minimum Gasteiger partial charge on any atom is -0.457 e. The molecule has 0 saturated heterocycles. The fraction of sp³-hybridized carbons (Fsp3) is 0.350. The van der Waals surface area contributed by atoms with Gasteiger partial charge in [0.25, 0.3) is 0 Å². The maximum Gasteiger partial charge on any atom is 0.338 e. The van der Waals surface area contributed by atoms with Crippen molar-refractivity contribution < 1.29 is 9.53 Å². The summed E-state index contributed by atoms with van der Waals surface area (Å²) in [5.41, 5.74) is 5.30. The predicted octanol–water partition coefficient (Wildman–Crippen LogP) is 4.96. The molecule has 2 nitrogen and oxygen atoms in total. The Morgan fingerprint density at radius 3 is 2.14 bits per heavy atom. The highest BCUT2D eigenvalue weighted by atomic mass is 16.5. The normalized spacial score (nSPS) is 11.3. The summed E-state index contributed by atoms with van der Waals surface area (Å²) in [6.07, 6.45) is 0. The summed E-state index contributed by atoms with van der Waals surface area (Å²) in [4.78, 5) is 12.1. The Morgan fingerprint density at radius 2 is 1.59 bits per heavy atom. The number of benzene rings is 2. The maximum atomic E-state index is 12.1. The van der Waals surface area contributed by atoms with Crippen LogP contribution in [0.3, 0.4) is 0 Å². The zero-order chi connectivity index (χ0) is 16.3. The molecule has 0 bridgehead atoms. The first-order valence-corrected chi connectivity index (χ1v) is 7.61. The van der Waals surface area contributed by atoms with Gasteiger partial charge in [-0.25, -0.2) is 4.79 Å². The van der Waals surface area contributed by atoms with Crippen LogP contribution in [-0.2, 0) is 16.8 Å². The van der Waals surface area contributed by atoms with Crippen LogP contribution in [0.4, 0.5) is 0 Å². The van der Waals surface area contributed by atoms with Crippen molar-refractivity contribution >= 4 is 5.97 Å². The number of ether oxygens (including phenoxy) is 1. The van der Waals surface area contributed by atoms with Gasteiger partial charge < -0.3 is 4.74 Å². The van der Waals surface area contributed by atoms with Crippen molar-refractivity contribution in [1.82, 2.24) is 0 Å². The predicted molar refractivity (Wildman–Crippen MR) is 90.2 cm³/mol. The van der Waals surface area contributed by atoms with Crippen molar-refractivity contribution in [2.75, 3.05) is 0 Å². The van der Waals surface area contributed by atoms with E-state index in [1.807, 2.05) is 44.2 Å². The minimum atomic E-state index is -0.275. The van der Waals surface area contributed by atoms with Gasteiger partial charge in [-0.05, 0) is 53.6 Å². The number of hydrogen-bond donors (Lipinski definition) is 0. The minimum absolute atomic E-state index is 0.134. The molecule has 2 aromatic carbocycles. The first kappa shape index (κ1) is 16.3. The van der Waals surface area contributed by atoms with Gasteiger partial charge in [0.15, 0.2) is 0 Å². The molecule has 0 spiro atoms. The van der Waals surface area contributed by atoms with Crippen molar-refractivity contribution in [2.24, 2.45) is 0 Å². The van der Waals surface area contributed by atoms with Crippen molar-refractivity contribution in [2.45, 2.75) is 46.6 Å². The van der Waals surface area contributed by atoms with Crippen LogP contribution in [0, 0.1) is 13.8 Å². The third-order valence-electron chi connectivity index (χ3n) is 3.93. The Morgan fingerprint density at radius 1 is 0.955 bits per heavy atom. The lowest BCUT2D eigenvalue weighted by Crippen LogP contribution is -2.11. The first-order chi connectivity index (χ1) is 10.3. The molecule has 2 heteroatoms. The zero-order valence-corrected chi connectivity index (χ0v) is 14.1. The number of hydrogen-bond acceptors (Lipinski definition) is 2. The number of esters is 1. The van der Waals surface area contributed by atoms with Crippen LogP contribution in [0.1, 0.15) is 53.4 Å². The summed E-state index contributed by atoms with van der Waals surface area (Å²) in [5, 5.41) is 0. The van der Waals surface area contributed by atoms with Gasteiger partial charge >= 0.3 is 5.97 Å². The first-order valence-electron chi connectivity index (χ1n) is 7.61. The van der Waals surface area contributed by atoms with Gasteiger partial charge in [0.05, 0.1) is 5.56 Å². The summed E-state index contributed by atoms with van der Waals surface area (Å²) < 4.78 is 5.40. The third-order valence-corrected chi connectivity index (χ3v) is 3.93. The van der Waals surface area contributed by atoms with E-state index in [0.717, 1.165) is 11.1 Å². The molecule has 0 amide bonds. The van der Waals surface area contributed by atoms with Gasteiger partial charge in [0.1, 0.15) is 6.61 Å². The third kappa shape index (κ3) is 3.97. The van der Waals surface area contributed by atoms with Gasteiger partial charge in [-0.15, -0.1) is 0 Å². The second kappa shape index (κ2) is 6.35. The summed E-state index contributed by atoms with van der Waals surface area (Å²) in [6.45, 7) is 10.9. The fourth-order valence-corrected chi connectivity index (χ4v) is 2.20. The molecule has 2 rings (SSSR count). The molecular weight excluding hydrogens is 272 g/mol. The van der Waals surface area contributed by atoms with Crippen LogP contribution in [0.2, 0.25) is 0 Å². The summed E-state index contributed by atoms with van der Waals surface area (Å²) >= 11 is 0.